The maximum absolute atomic E-state index is 4.13. The summed E-state index contributed by atoms with van der Waals surface area (Å²) in [6.07, 6.45) is 4.90. The zero-order valence-electron chi connectivity index (χ0n) is 9.74. The molecular formula is C12H25N. The van der Waals surface area contributed by atoms with Crippen molar-refractivity contribution in [3.63, 3.8) is 0 Å². The lowest BCUT2D eigenvalue weighted by atomic mass is 9.84. The van der Waals surface area contributed by atoms with E-state index in [9.17, 15) is 0 Å². The second-order valence-corrected chi connectivity index (χ2v) is 4.72. The van der Waals surface area contributed by atoms with Crippen LogP contribution in [0.3, 0.4) is 0 Å². The van der Waals surface area contributed by atoms with Crippen LogP contribution in [0, 0.1) is 5.41 Å². The van der Waals surface area contributed by atoms with Crippen LogP contribution in [0.25, 0.3) is 0 Å². The molecule has 13 heavy (non-hydrogen) atoms. The summed E-state index contributed by atoms with van der Waals surface area (Å²) in [6.45, 7) is 12.0. The van der Waals surface area contributed by atoms with E-state index in [-0.39, 0.29) is 0 Å². The fourth-order valence-electron chi connectivity index (χ4n) is 1.73. The van der Waals surface area contributed by atoms with Gasteiger partial charge in [0.2, 0.25) is 0 Å². The van der Waals surface area contributed by atoms with Gasteiger partial charge in [0.25, 0.3) is 0 Å². The monoisotopic (exact) mass is 183 g/mol. The predicted molar refractivity (Wildman–Crippen MR) is 61.0 cm³/mol. The third-order valence-corrected chi connectivity index (χ3v) is 2.27. The van der Waals surface area contributed by atoms with E-state index in [4.69, 9.17) is 0 Å². The van der Waals surface area contributed by atoms with E-state index in [0.717, 1.165) is 13.0 Å². The highest BCUT2D eigenvalue weighted by Crippen LogP contribution is 2.25. The highest BCUT2D eigenvalue weighted by molar-refractivity contribution is 4.98. The van der Waals surface area contributed by atoms with E-state index in [1.807, 2.05) is 7.05 Å². The number of nitrogens with one attached hydrogen (secondary N) is 1. The Labute approximate surface area is 83.6 Å². The molecule has 1 N–H and O–H groups in total. The van der Waals surface area contributed by atoms with Crippen molar-refractivity contribution in [3.8, 4) is 0 Å². The van der Waals surface area contributed by atoms with E-state index in [0.29, 0.717) is 5.41 Å². The lowest BCUT2D eigenvalue weighted by Crippen LogP contribution is -2.26. The highest BCUT2D eigenvalue weighted by atomic mass is 14.8. The standard InChI is InChI=1S/C12H25N/c1-6-7-8-11(2)9-12(3,4)10-13-5/h13H,2,6-10H2,1,3-5H3. The van der Waals surface area contributed by atoms with Gasteiger partial charge in [-0.2, -0.15) is 0 Å². The summed E-state index contributed by atoms with van der Waals surface area (Å²) in [6, 6.07) is 0. The third-order valence-electron chi connectivity index (χ3n) is 2.27. The second kappa shape index (κ2) is 6.20. The van der Waals surface area contributed by atoms with Crippen molar-refractivity contribution in [1.82, 2.24) is 5.32 Å². The van der Waals surface area contributed by atoms with Crippen LogP contribution in [0.5, 0.6) is 0 Å². The zero-order valence-corrected chi connectivity index (χ0v) is 9.74. The molecule has 0 rings (SSSR count). The molecule has 0 aliphatic rings. The average Bonchev–Trinajstić information content (AvgIpc) is 1.99. The van der Waals surface area contributed by atoms with E-state index < -0.39 is 0 Å². The molecule has 0 amide bonds. The molecule has 0 aliphatic carbocycles. The van der Waals surface area contributed by atoms with Crippen molar-refractivity contribution < 1.29 is 0 Å². The average molecular weight is 183 g/mol. The SMILES string of the molecule is C=C(CCCC)CC(C)(C)CNC. The first-order chi connectivity index (χ1) is 6.02. The Kier molecular flexibility index (Phi) is 6.06. The Hall–Kier alpha value is -0.300. The minimum Gasteiger partial charge on any atom is -0.319 e. The summed E-state index contributed by atoms with van der Waals surface area (Å²) in [4.78, 5) is 0. The zero-order chi connectivity index (χ0) is 10.3. The largest absolute Gasteiger partial charge is 0.319 e. The first-order valence-electron chi connectivity index (χ1n) is 5.33. The number of unbranched alkanes of at least 4 members (excludes halogenated alkanes) is 1. The van der Waals surface area contributed by atoms with Crippen molar-refractivity contribution in [2.75, 3.05) is 13.6 Å². The molecule has 0 spiro atoms. The Bertz CT molecular complexity index is 147. The van der Waals surface area contributed by atoms with Gasteiger partial charge in [-0.05, 0) is 31.7 Å². The minimum atomic E-state index is 0.361. The van der Waals surface area contributed by atoms with Crippen molar-refractivity contribution in [1.29, 1.82) is 0 Å². The molecule has 0 unspecified atom stereocenters. The molecule has 0 aliphatic heterocycles. The van der Waals surface area contributed by atoms with Crippen LogP contribution in [0.4, 0.5) is 0 Å². The van der Waals surface area contributed by atoms with Gasteiger partial charge < -0.3 is 5.32 Å². The van der Waals surface area contributed by atoms with Gasteiger partial charge in [0.15, 0.2) is 0 Å². The molecule has 0 heterocycles. The molecular weight excluding hydrogens is 158 g/mol. The van der Waals surface area contributed by atoms with Crippen molar-refractivity contribution in [3.05, 3.63) is 12.2 Å². The van der Waals surface area contributed by atoms with Crippen LogP contribution in [0.15, 0.2) is 12.2 Å². The summed E-state index contributed by atoms with van der Waals surface area (Å²) >= 11 is 0. The fourth-order valence-corrected chi connectivity index (χ4v) is 1.73. The predicted octanol–water partition coefficient (Wildman–Crippen LogP) is 3.37. The summed E-state index contributed by atoms with van der Waals surface area (Å²) in [5.74, 6) is 0. The highest BCUT2D eigenvalue weighted by Gasteiger charge is 2.17. The van der Waals surface area contributed by atoms with Crippen molar-refractivity contribution in [2.24, 2.45) is 5.41 Å². The molecule has 0 saturated carbocycles. The van der Waals surface area contributed by atoms with E-state index in [1.165, 1.54) is 24.8 Å². The quantitative estimate of drug-likeness (QED) is 0.597. The number of hydrogen-bond donors (Lipinski definition) is 1. The molecule has 0 saturated heterocycles. The van der Waals surface area contributed by atoms with Gasteiger partial charge in [-0.25, -0.2) is 0 Å². The Balaban J connectivity index is 3.75. The Morgan fingerprint density at radius 1 is 1.38 bits per heavy atom. The minimum absolute atomic E-state index is 0.361. The number of hydrogen-bond acceptors (Lipinski definition) is 1. The van der Waals surface area contributed by atoms with Crippen LogP contribution in [0.2, 0.25) is 0 Å². The topological polar surface area (TPSA) is 12.0 Å². The van der Waals surface area contributed by atoms with Crippen LogP contribution in [0.1, 0.15) is 46.5 Å². The lowest BCUT2D eigenvalue weighted by molar-refractivity contribution is 0.345. The molecule has 1 heteroatoms. The van der Waals surface area contributed by atoms with Crippen LogP contribution >= 0.6 is 0 Å². The maximum Gasteiger partial charge on any atom is 0.000258 e. The molecule has 0 radical (unpaired) electrons. The van der Waals surface area contributed by atoms with Crippen molar-refractivity contribution >= 4 is 0 Å². The van der Waals surface area contributed by atoms with Gasteiger partial charge in [-0.15, -0.1) is 0 Å². The van der Waals surface area contributed by atoms with Gasteiger partial charge in [0.05, 0.1) is 0 Å². The smallest absolute Gasteiger partial charge is 0.000258 e. The molecule has 0 aromatic rings. The Morgan fingerprint density at radius 3 is 2.46 bits per heavy atom. The molecule has 0 aromatic heterocycles. The van der Waals surface area contributed by atoms with E-state index in [2.05, 4.69) is 32.7 Å². The molecule has 0 aromatic carbocycles. The maximum atomic E-state index is 4.13. The van der Waals surface area contributed by atoms with E-state index >= 15 is 0 Å². The Morgan fingerprint density at radius 2 is 2.00 bits per heavy atom. The first kappa shape index (κ1) is 12.7. The lowest BCUT2D eigenvalue weighted by Gasteiger charge is -2.25. The van der Waals surface area contributed by atoms with E-state index in [1.54, 1.807) is 0 Å². The fraction of sp³-hybridized carbons (Fsp3) is 0.833. The van der Waals surface area contributed by atoms with Gasteiger partial charge >= 0.3 is 0 Å². The van der Waals surface area contributed by atoms with Crippen LogP contribution in [-0.4, -0.2) is 13.6 Å². The first-order valence-corrected chi connectivity index (χ1v) is 5.33. The van der Waals surface area contributed by atoms with Gasteiger partial charge in [0.1, 0.15) is 0 Å². The molecule has 1 nitrogen and oxygen atoms in total. The third kappa shape index (κ3) is 6.83. The van der Waals surface area contributed by atoms with Crippen LogP contribution < -0.4 is 5.32 Å². The van der Waals surface area contributed by atoms with Gasteiger partial charge in [-0.3, -0.25) is 0 Å². The second-order valence-electron chi connectivity index (χ2n) is 4.72. The van der Waals surface area contributed by atoms with Crippen molar-refractivity contribution in [2.45, 2.75) is 46.5 Å². The number of allylic oxidation sites excluding steroid dienone is 1. The summed E-state index contributed by atoms with van der Waals surface area (Å²) < 4.78 is 0. The van der Waals surface area contributed by atoms with Gasteiger partial charge in [-0.1, -0.05) is 39.3 Å². The summed E-state index contributed by atoms with van der Waals surface area (Å²) in [5.41, 5.74) is 1.77. The molecule has 0 bridgehead atoms. The molecule has 0 fully saturated rings. The normalized spacial score (nSPS) is 11.7. The molecule has 0 atom stereocenters. The summed E-state index contributed by atoms with van der Waals surface area (Å²) in [5, 5.41) is 3.23. The van der Waals surface area contributed by atoms with Crippen LogP contribution in [-0.2, 0) is 0 Å². The molecule has 78 valence electrons. The number of rotatable bonds is 7. The van der Waals surface area contributed by atoms with Gasteiger partial charge in [0, 0.05) is 6.54 Å². The summed E-state index contributed by atoms with van der Waals surface area (Å²) in [7, 11) is 2.01.